The molecular weight excluding hydrogens is 444 g/mol. The minimum Gasteiger partial charge on any atom is -0.462 e. The maximum atomic E-state index is 12.3. The number of hydrogen-bond acceptors (Lipinski definition) is 2. The molecule has 0 fully saturated rings. The van der Waals surface area contributed by atoms with E-state index in [0.29, 0.717) is 12.2 Å². The summed E-state index contributed by atoms with van der Waals surface area (Å²) in [7, 11) is 0. The molecule has 0 bridgehead atoms. The molecule has 0 radical (unpaired) electrons. The number of esters is 1. The third-order valence-electron chi connectivity index (χ3n) is 6.68. The monoisotopic (exact) mass is 470 g/mol. The van der Waals surface area contributed by atoms with E-state index < -0.39 is 0 Å². The number of hydrogen-bond donors (Lipinski definition) is 1. The van der Waals surface area contributed by atoms with Crippen LogP contribution in [0.15, 0.2) is 109 Å². The predicted molar refractivity (Wildman–Crippen MR) is 146 cm³/mol. The van der Waals surface area contributed by atoms with Crippen molar-refractivity contribution in [1.82, 2.24) is 9.55 Å². The van der Waals surface area contributed by atoms with E-state index in [0.717, 1.165) is 34.4 Å². The summed E-state index contributed by atoms with van der Waals surface area (Å²) in [6.45, 7) is 2.93. The van der Waals surface area contributed by atoms with Gasteiger partial charge in [-0.25, -0.2) is 4.79 Å². The molecule has 4 nitrogen and oxygen atoms in total. The number of aromatic amines is 1. The third-order valence-corrected chi connectivity index (χ3v) is 6.68. The van der Waals surface area contributed by atoms with Gasteiger partial charge in [-0.2, -0.15) is 0 Å². The Balaban J connectivity index is 1.63. The summed E-state index contributed by atoms with van der Waals surface area (Å²) in [5.41, 5.74) is 8.60. The van der Waals surface area contributed by atoms with E-state index in [1.54, 1.807) is 0 Å². The molecule has 0 unspecified atom stereocenters. The normalized spacial score (nSPS) is 11.2. The zero-order valence-corrected chi connectivity index (χ0v) is 20.1. The summed E-state index contributed by atoms with van der Waals surface area (Å²) in [6.07, 6.45) is 2.11. The molecule has 6 aromatic rings. The van der Waals surface area contributed by atoms with Gasteiger partial charge in [-0.3, -0.25) is 0 Å². The fraction of sp³-hybridized carbons (Fsp3) is 0.0938. The topological polar surface area (TPSA) is 47.0 Å². The van der Waals surface area contributed by atoms with Gasteiger partial charge in [0.25, 0.3) is 0 Å². The van der Waals surface area contributed by atoms with E-state index in [4.69, 9.17) is 4.74 Å². The minimum atomic E-state index is -0.299. The van der Waals surface area contributed by atoms with Crippen LogP contribution in [0.1, 0.15) is 22.8 Å². The number of benzene rings is 4. The van der Waals surface area contributed by atoms with E-state index in [2.05, 4.69) is 88.5 Å². The molecule has 176 valence electrons. The van der Waals surface area contributed by atoms with Crippen LogP contribution in [0, 0.1) is 0 Å². The number of ether oxygens (including phenoxy) is 1. The Bertz CT molecular complexity index is 1670. The number of carbonyl (C=O) groups is 1. The van der Waals surface area contributed by atoms with E-state index in [-0.39, 0.29) is 5.97 Å². The summed E-state index contributed by atoms with van der Waals surface area (Å²) in [6, 6.07) is 35.3. The Hall–Kier alpha value is -4.57. The van der Waals surface area contributed by atoms with Crippen LogP contribution in [0.5, 0.6) is 0 Å². The number of nitrogens with one attached hydrogen (secondary N) is 1. The second-order valence-corrected chi connectivity index (χ2v) is 8.86. The molecule has 0 aliphatic carbocycles. The molecule has 0 saturated heterocycles. The average Bonchev–Trinajstić information content (AvgIpc) is 3.49. The van der Waals surface area contributed by atoms with Gasteiger partial charge in [0.2, 0.25) is 0 Å². The molecule has 6 rings (SSSR count). The van der Waals surface area contributed by atoms with Crippen molar-refractivity contribution in [2.45, 2.75) is 13.5 Å². The first-order valence-corrected chi connectivity index (χ1v) is 12.2. The highest BCUT2D eigenvalue weighted by molar-refractivity contribution is 6.09. The summed E-state index contributed by atoms with van der Waals surface area (Å²) in [5.74, 6) is -0.299. The van der Waals surface area contributed by atoms with Crippen molar-refractivity contribution in [3.63, 3.8) is 0 Å². The fourth-order valence-corrected chi connectivity index (χ4v) is 5.06. The van der Waals surface area contributed by atoms with Crippen molar-refractivity contribution in [3.8, 4) is 22.4 Å². The second kappa shape index (κ2) is 9.23. The molecule has 0 amide bonds. The van der Waals surface area contributed by atoms with Crippen molar-refractivity contribution in [2.24, 2.45) is 0 Å². The van der Waals surface area contributed by atoms with Gasteiger partial charge < -0.3 is 14.3 Å². The molecule has 2 heterocycles. The Kier molecular flexibility index (Phi) is 5.62. The lowest BCUT2D eigenvalue weighted by molar-refractivity contribution is 0.0526. The summed E-state index contributed by atoms with van der Waals surface area (Å²) >= 11 is 0. The number of rotatable bonds is 6. The summed E-state index contributed by atoms with van der Waals surface area (Å²) in [5, 5.41) is 2.36. The predicted octanol–water partition coefficient (Wildman–Crippen LogP) is 7.68. The molecule has 1 N–H and O–H groups in total. The van der Waals surface area contributed by atoms with Crippen LogP contribution in [0.3, 0.4) is 0 Å². The van der Waals surface area contributed by atoms with Gasteiger partial charge in [0, 0.05) is 45.7 Å². The van der Waals surface area contributed by atoms with E-state index in [1.807, 2.05) is 37.3 Å². The first-order chi connectivity index (χ1) is 17.7. The molecule has 0 atom stereocenters. The van der Waals surface area contributed by atoms with Crippen LogP contribution in [-0.4, -0.2) is 22.1 Å². The van der Waals surface area contributed by atoms with Crippen LogP contribution in [0.4, 0.5) is 0 Å². The second-order valence-electron chi connectivity index (χ2n) is 8.86. The van der Waals surface area contributed by atoms with E-state index in [1.165, 1.54) is 21.9 Å². The van der Waals surface area contributed by atoms with Crippen molar-refractivity contribution in [2.75, 3.05) is 6.61 Å². The van der Waals surface area contributed by atoms with Crippen LogP contribution in [-0.2, 0) is 11.3 Å². The zero-order chi connectivity index (χ0) is 24.5. The number of aromatic nitrogens is 2. The molecule has 4 heteroatoms. The van der Waals surface area contributed by atoms with Gasteiger partial charge in [-0.05, 0) is 42.3 Å². The van der Waals surface area contributed by atoms with Gasteiger partial charge in [0.05, 0.1) is 17.9 Å². The summed E-state index contributed by atoms with van der Waals surface area (Å²) < 4.78 is 7.61. The van der Waals surface area contributed by atoms with Crippen LogP contribution in [0.25, 0.3) is 44.2 Å². The van der Waals surface area contributed by atoms with Gasteiger partial charge in [0.1, 0.15) is 0 Å². The van der Waals surface area contributed by atoms with Crippen LogP contribution in [0.2, 0.25) is 0 Å². The molecule has 36 heavy (non-hydrogen) atoms. The molecule has 2 aromatic heterocycles. The first kappa shape index (κ1) is 21.9. The first-order valence-electron chi connectivity index (χ1n) is 12.2. The molecule has 0 spiro atoms. The molecular formula is C32H26N2O2. The van der Waals surface area contributed by atoms with Crippen molar-refractivity contribution in [3.05, 3.63) is 120 Å². The van der Waals surface area contributed by atoms with Crippen molar-refractivity contribution >= 4 is 27.8 Å². The van der Waals surface area contributed by atoms with Crippen molar-refractivity contribution < 1.29 is 9.53 Å². The number of fused-ring (bicyclic) bond motifs is 2. The zero-order valence-electron chi connectivity index (χ0n) is 20.1. The highest BCUT2D eigenvalue weighted by Crippen LogP contribution is 2.43. The molecule has 4 aromatic carbocycles. The lowest BCUT2D eigenvalue weighted by Crippen LogP contribution is -2.04. The van der Waals surface area contributed by atoms with Crippen LogP contribution >= 0.6 is 0 Å². The van der Waals surface area contributed by atoms with E-state index >= 15 is 0 Å². The SMILES string of the molecule is CCOC(=O)c1ccc(-c2c(-c3c[nH]c4ccccc34)n(Cc3ccccc3)c3ccccc23)cc1. The molecule has 0 aliphatic rings. The molecule has 0 aliphatic heterocycles. The number of para-hydroxylation sites is 2. The minimum absolute atomic E-state index is 0.299. The Labute approximate surface area is 209 Å². The van der Waals surface area contributed by atoms with Crippen LogP contribution < -0.4 is 0 Å². The Morgan fingerprint density at radius 3 is 2.28 bits per heavy atom. The maximum absolute atomic E-state index is 12.3. The lowest BCUT2D eigenvalue weighted by Gasteiger charge is -2.13. The van der Waals surface area contributed by atoms with Gasteiger partial charge >= 0.3 is 5.97 Å². The maximum Gasteiger partial charge on any atom is 0.338 e. The molecule has 0 saturated carbocycles. The number of carbonyl (C=O) groups excluding carboxylic acids is 1. The Morgan fingerprint density at radius 2 is 1.50 bits per heavy atom. The van der Waals surface area contributed by atoms with Gasteiger partial charge in [-0.1, -0.05) is 78.9 Å². The van der Waals surface area contributed by atoms with Crippen molar-refractivity contribution in [1.29, 1.82) is 0 Å². The third kappa shape index (κ3) is 3.77. The number of H-pyrrole nitrogens is 1. The standard InChI is InChI=1S/C32H26N2O2/c1-2-36-32(35)24-18-16-23(17-19-24)30-26-13-7-9-15-29(26)34(21-22-10-4-3-5-11-22)31(30)27-20-33-28-14-8-6-12-25(27)28/h3-20,33H,2,21H2,1H3. The Morgan fingerprint density at radius 1 is 0.806 bits per heavy atom. The highest BCUT2D eigenvalue weighted by atomic mass is 16.5. The van der Waals surface area contributed by atoms with E-state index in [9.17, 15) is 4.79 Å². The lowest BCUT2D eigenvalue weighted by atomic mass is 9.97. The highest BCUT2D eigenvalue weighted by Gasteiger charge is 2.22. The quantitative estimate of drug-likeness (QED) is 0.254. The number of nitrogens with zero attached hydrogens (tertiary/aromatic N) is 1. The van der Waals surface area contributed by atoms with Gasteiger partial charge in [0.15, 0.2) is 0 Å². The van der Waals surface area contributed by atoms with Gasteiger partial charge in [-0.15, -0.1) is 0 Å². The smallest absolute Gasteiger partial charge is 0.338 e. The summed E-state index contributed by atoms with van der Waals surface area (Å²) in [4.78, 5) is 15.7. The average molecular weight is 471 g/mol. The fourth-order valence-electron chi connectivity index (χ4n) is 5.06. The largest absolute Gasteiger partial charge is 0.462 e.